The third-order valence-electron chi connectivity index (χ3n) is 2.82. The molecule has 0 amide bonds. The predicted octanol–water partition coefficient (Wildman–Crippen LogP) is 3.09. The molecule has 0 saturated heterocycles. The maximum Gasteiger partial charge on any atom is 0.311 e. The molecule has 0 unspecified atom stereocenters. The molecule has 0 aliphatic carbocycles. The van der Waals surface area contributed by atoms with Crippen LogP contribution in [0.5, 0.6) is 11.5 Å². The van der Waals surface area contributed by atoms with Gasteiger partial charge in [-0.05, 0) is 18.2 Å². The van der Waals surface area contributed by atoms with E-state index in [1.807, 2.05) is 30.3 Å². The smallest absolute Gasteiger partial charge is 0.311 e. The van der Waals surface area contributed by atoms with Crippen LogP contribution in [-0.2, 0) is 0 Å². The number of ether oxygens (including phenoxy) is 2. The van der Waals surface area contributed by atoms with Gasteiger partial charge in [0.15, 0.2) is 5.75 Å². The molecule has 0 aromatic heterocycles. The van der Waals surface area contributed by atoms with Crippen molar-refractivity contribution < 1.29 is 14.4 Å². The molecule has 2 aromatic carbocycles. The van der Waals surface area contributed by atoms with Crippen molar-refractivity contribution in [3.05, 3.63) is 58.6 Å². The number of hydrogen-bond acceptors (Lipinski definition) is 5. The van der Waals surface area contributed by atoms with E-state index in [1.54, 1.807) is 12.1 Å². The van der Waals surface area contributed by atoms with Gasteiger partial charge in [0.25, 0.3) is 0 Å². The molecule has 0 bridgehead atoms. The summed E-state index contributed by atoms with van der Waals surface area (Å²) in [5, 5.41) is 13.9. The number of hydrogen-bond donors (Lipinski definition) is 1. The van der Waals surface area contributed by atoms with Crippen molar-refractivity contribution in [2.45, 2.75) is 0 Å². The molecule has 21 heavy (non-hydrogen) atoms. The lowest BCUT2D eigenvalue weighted by Gasteiger charge is -2.09. The van der Waals surface area contributed by atoms with Crippen LogP contribution in [0.4, 0.5) is 11.4 Å². The molecule has 110 valence electrons. The first-order valence-corrected chi connectivity index (χ1v) is 6.45. The zero-order valence-corrected chi connectivity index (χ0v) is 11.6. The number of para-hydroxylation sites is 1. The van der Waals surface area contributed by atoms with Crippen LogP contribution in [-0.4, -0.2) is 25.2 Å². The van der Waals surface area contributed by atoms with Crippen molar-refractivity contribution in [3.63, 3.8) is 0 Å². The minimum absolute atomic E-state index is 0.0522. The van der Waals surface area contributed by atoms with Crippen LogP contribution in [0.1, 0.15) is 0 Å². The topological polar surface area (TPSA) is 73.6 Å². The van der Waals surface area contributed by atoms with Gasteiger partial charge in [0.2, 0.25) is 0 Å². The highest BCUT2D eigenvalue weighted by molar-refractivity contribution is 5.57. The van der Waals surface area contributed by atoms with Crippen molar-refractivity contribution in [1.82, 2.24) is 0 Å². The lowest BCUT2D eigenvalue weighted by Crippen LogP contribution is -2.11. The summed E-state index contributed by atoms with van der Waals surface area (Å²) in [5.74, 6) is 1.04. The van der Waals surface area contributed by atoms with Crippen LogP contribution in [0.25, 0.3) is 0 Å². The number of nitro groups is 1. The van der Waals surface area contributed by atoms with Gasteiger partial charge < -0.3 is 14.8 Å². The Kier molecular flexibility index (Phi) is 4.98. The summed E-state index contributed by atoms with van der Waals surface area (Å²) in [4.78, 5) is 10.3. The van der Waals surface area contributed by atoms with Gasteiger partial charge in [-0.1, -0.05) is 18.2 Å². The summed E-state index contributed by atoms with van der Waals surface area (Å²) in [6, 6.07) is 14.2. The molecule has 0 aliphatic rings. The normalized spacial score (nSPS) is 9.95. The van der Waals surface area contributed by atoms with Gasteiger partial charge in [0.05, 0.1) is 12.0 Å². The van der Waals surface area contributed by atoms with Gasteiger partial charge in [-0.25, -0.2) is 0 Å². The fourth-order valence-electron chi connectivity index (χ4n) is 1.82. The van der Waals surface area contributed by atoms with Gasteiger partial charge in [0, 0.05) is 24.4 Å². The molecule has 6 nitrogen and oxygen atoms in total. The summed E-state index contributed by atoms with van der Waals surface area (Å²) in [6.45, 7) is 1.07. The second-order valence-electron chi connectivity index (χ2n) is 4.23. The first kappa shape index (κ1) is 14.6. The minimum atomic E-state index is -0.471. The number of anilines is 1. The van der Waals surface area contributed by atoms with Crippen molar-refractivity contribution in [2.24, 2.45) is 0 Å². The summed E-state index contributed by atoms with van der Waals surface area (Å²) in [6.07, 6.45) is 0. The van der Waals surface area contributed by atoms with E-state index in [-0.39, 0.29) is 11.4 Å². The molecule has 6 heteroatoms. The molecule has 0 radical (unpaired) electrons. The number of nitrogens with zero attached hydrogens (tertiary/aromatic N) is 1. The second kappa shape index (κ2) is 7.14. The molecule has 2 aromatic rings. The molecule has 0 atom stereocenters. The van der Waals surface area contributed by atoms with Crippen LogP contribution in [0.2, 0.25) is 0 Å². The van der Waals surface area contributed by atoms with Crippen LogP contribution in [0, 0.1) is 10.1 Å². The Hall–Kier alpha value is -2.76. The Morgan fingerprint density at radius 1 is 1.19 bits per heavy atom. The Morgan fingerprint density at radius 3 is 2.62 bits per heavy atom. The molecular formula is C15H16N2O4. The Labute approximate surface area is 122 Å². The number of nitro benzene ring substituents is 1. The van der Waals surface area contributed by atoms with E-state index in [4.69, 9.17) is 9.47 Å². The largest absolute Gasteiger partial charge is 0.492 e. The fraction of sp³-hybridized carbons (Fsp3) is 0.200. The van der Waals surface area contributed by atoms with Crippen molar-refractivity contribution >= 4 is 11.4 Å². The van der Waals surface area contributed by atoms with Crippen LogP contribution < -0.4 is 14.8 Å². The molecule has 0 fully saturated rings. The standard InChI is InChI=1S/C15H16N2O4/c1-20-15-11-12(7-8-14(15)17(18)19)16-9-10-21-13-5-3-2-4-6-13/h2-8,11,16H,9-10H2,1H3. The van der Waals surface area contributed by atoms with Crippen molar-refractivity contribution in [3.8, 4) is 11.5 Å². The van der Waals surface area contributed by atoms with E-state index in [2.05, 4.69) is 5.32 Å². The van der Waals surface area contributed by atoms with E-state index in [0.717, 1.165) is 11.4 Å². The monoisotopic (exact) mass is 288 g/mol. The Balaban J connectivity index is 1.87. The average Bonchev–Trinajstić information content (AvgIpc) is 2.52. The van der Waals surface area contributed by atoms with E-state index in [0.29, 0.717) is 13.2 Å². The predicted molar refractivity (Wildman–Crippen MR) is 80.1 cm³/mol. The number of methoxy groups -OCH3 is 1. The third-order valence-corrected chi connectivity index (χ3v) is 2.82. The van der Waals surface area contributed by atoms with Gasteiger partial charge in [0.1, 0.15) is 12.4 Å². The summed E-state index contributed by atoms with van der Waals surface area (Å²) in [7, 11) is 1.41. The fourth-order valence-corrected chi connectivity index (χ4v) is 1.82. The lowest BCUT2D eigenvalue weighted by atomic mass is 10.2. The summed E-state index contributed by atoms with van der Waals surface area (Å²) < 4.78 is 10.6. The quantitative estimate of drug-likeness (QED) is 0.481. The highest BCUT2D eigenvalue weighted by Crippen LogP contribution is 2.29. The zero-order chi connectivity index (χ0) is 15.1. The molecule has 1 N–H and O–H groups in total. The number of nitrogens with one attached hydrogen (secondary N) is 1. The second-order valence-corrected chi connectivity index (χ2v) is 4.23. The van der Waals surface area contributed by atoms with Crippen molar-refractivity contribution in [1.29, 1.82) is 0 Å². The third kappa shape index (κ3) is 4.10. The van der Waals surface area contributed by atoms with Crippen LogP contribution in [0.15, 0.2) is 48.5 Å². The Morgan fingerprint density at radius 2 is 1.95 bits per heavy atom. The van der Waals surface area contributed by atoms with Gasteiger partial charge >= 0.3 is 5.69 Å². The molecule has 2 rings (SSSR count). The molecule has 0 spiro atoms. The number of benzene rings is 2. The maximum absolute atomic E-state index is 10.8. The van der Waals surface area contributed by atoms with Gasteiger partial charge in [-0.15, -0.1) is 0 Å². The van der Waals surface area contributed by atoms with Gasteiger partial charge in [-0.2, -0.15) is 0 Å². The van der Waals surface area contributed by atoms with E-state index >= 15 is 0 Å². The molecule has 0 heterocycles. The van der Waals surface area contributed by atoms with E-state index in [9.17, 15) is 10.1 Å². The average molecular weight is 288 g/mol. The molecular weight excluding hydrogens is 272 g/mol. The first-order valence-electron chi connectivity index (χ1n) is 6.45. The van der Waals surface area contributed by atoms with Crippen LogP contribution >= 0.6 is 0 Å². The highest BCUT2D eigenvalue weighted by Gasteiger charge is 2.14. The number of rotatable bonds is 7. The first-order chi connectivity index (χ1) is 10.2. The summed E-state index contributed by atoms with van der Waals surface area (Å²) >= 11 is 0. The molecule has 0 aliphatic heterocycles. The highest BCUT2D eigenvalue weighted by atomic mass is 16.6. The summed E-state index contributed by atoms with van der Waals surface area (Å²) in [5.41, 5.74) is 0.692. The minimum Gasteiger partial charge on any atom is -0.492 e. The van der Waals surface area contributed by atoms with Crippen molar-refractivity contribution in [2.75, 3.05) is 25.6 Å². The van der Waals surface area contributed by atoms with E-state index < -0.39 is 4.92 Å². The lowest BCUT2D eigenvalue weighted by molar-refractivity contribution is -0.385. The molecule has 0 saturated carbocycles. The van der Waals surface area contributed by atoms with Crippen LogP contribution in [0.3, 0.4) is 0 Å². The maximum atomic E-state index is 10.8. The van der Waals surface area contributed by atoms with Gasteiger partial charge in [-0.3, -0.25) is 10.1 Å². The van der Waals surface area contributed by atoms with E-state index in [1.165, 1.54) is 13.2 Å². The zero-order valence-electron chi connectivity index (χ0n) is 11.6. The Bertz CT molecular complexity index is 602. The SMILES string of the molecule is COc1cc(NCCOc2ccccc2)ccc1[N+](=O)[O-].